The van der Waals surface area contributed by atoms with E-state index < -0.39 is 0 Å². The van der Waals surface area contributed by atoms with E-state index in [-0.39, 0.29) is 0 Å². The van der Waals surface area contributed by atoms with Crippen molar-refractivity contribution in [2.45, 2.75) is 26.2 Å². The lowest BCUT2D eigenvalue weighted by Gasteiger charge is -2.33. The standard InChI is InChI=1S/C14H19N5/c1-11-8-17-18-13(11)7-12-3-2-6-19(9-12)14-4-5-15-10-16-14/h4-5,8,10,12H,2-3,6-7,9H2,1H3,(H,17,18)/t12-/m0/s1. The summed E-state index contributed by atoms with van der Waals surface area (Å²) in [5.74, 6) is 1.71. The highest BCUT2D eigenvalue weighted by atomic mass is 15.2. The fourth-order valence-electron chi connectivity index (χ4n) is 2.78. The first-order chi connectivity index (χ1) is 9.33. The van der Waals surface area contributed by atoms with E-state index in [0.717, 1.165) is 25.3 Å². The van der Waals surface area contributed by atoms with Gasteiger partial charge in [-0.3, -0.25) is 5.10 Å². The van der Waals surface area contributed by atoms with Crippen LogP contribution in [0.3, 0.4) is 0 Å². The van der Waals surface area contributed by atoms with Crippen molar-refractivity contribution in [1.29, 1.82) is 0 Å². The van der Waals surface area contributed by atoms with Crippen LogP contribution < -0.4 is 4.90 Å². The highest BCUT2D eigenvalue weighted by molar-refractivity contribution is 5.37. The molecule has 1 fully saturated rings. The van der Waals surface area contributed by atoms with Crippen molar-refractivity contribution in [2.24, 2.45) is 5.92 Å². The van der Waals surface area contributed by atoms with Crippen LogP contribution in [0.15, 0.2) is 24.8 Å². The Morgan fingerprint density at radius 3 is 3.16 bits per heavy atom. The summed E-state index contributed by atoms with van der Waals surface area (Å²) in [5, 5.41) is 7.22. The maximum absolute atomic E-state index is 4.35. The zero-order chi connectivity index (χ0) is 13.1. The average Bonchev–Trinajstić information content (AvgIpc) is 2.86. The van der Waals surface area contributed by atoms with Gasteiger partial charge in [-0.05, 0) is 43.7 Å². The fraction of sp³-hybridized carbons (Fsp3) is 0.500. The molecule has 2 aromatic rings. The predicted octanol–water partition coefficient (Wildman–Crippen LogP) is 1.97. The van der Waals surface area contributed by atoms with Gasteiger partial charge in [0.05, 0.1) is 6.20 Å². The van der Waals surface area contributed by atoms with Crippen molar-refractivity contribution in [2.75, 3.05) is 18.0 Å². The predicted molar refractivity (Wildman–Crippen MR) is 74.0 cm³/mol. The zero-order valence-corrected chi connectivity index (χ0v) is 11.2. The van der Waals surface area contributed by atoms with E-state index in [1.54, 1.807) is 6.33 Å². The molecule has 3 heterocycles. The smallest absolute Gasteiger partial charge is 0.131 e. The van der Waals surface area contributed by atoms with Crippen molar-refractivity contribution in [3.8, 4) is 0 Å². The van der Waals surface area contributed by atoms with Gasteiger partial charge in [-0.25, -0.2) is 9.97 Å². The molecule has 1 N–H and O–H groups in total. The second kappa shape index (κ2) is 5.38. The first-order valence-corrected chi connectivity index (χ1v) is 6.83. The molecule has 0 bridgehead atoms. The summed E-state index contributed by atoms with van der Waals surface area (Å²) in [6.45, 7) is 4.27. The molecule has 3 rings (SSSR count). The van der Waals surface area contributed by atoms with Gasteiger partial charge < -0.3 is 4.90 Å². The second-order valence-corrected chi connectivity index (χ2v) is 5.26. The Kier molecular flexibility index (Phi) is 3.44. The van der Waals surface area contributed by atoms with E-state index in [9.17, 15) is 0 Å². The SMILES string of the molecule is Cc1cn[nH]c1C[C@@H]1CCCN(c2ccncn2)C1. The topological polar surface area (TPSA) is 57.7 Å². The van der Waals surface area contributed by atoms with Gasteiger partial charge in [-0.1, -0.05) is 0 Å². The number of aromatic nitrogens is 4. The van der Waals surface area contributed by atoms with Gasteiger partial charge >= 0.3 is 0 Å². The first-order valence-electron chi connectivity index (χ1n) is 6.83. The van der Waals surface area contributed by atoms with Gasteiger partial charge in [0.25, 0.3) is 0 Å². The quantitative estimate of drug-likeness (QED) is 0.913. The maximum Gasteiger partial charge on any atom is 0.131 e. The first kappa shape index (κ1) is 12.1. The van der Waals surface area contributed by atoms with Crippen LogP contribution in [-0.4, -0.2) is 33.3 Å². The van der Waals surface area contributed by atoms with E-state index in [4.69, 9.17) is 0 Å². The minimum atomic E-state index is 0.669. The molecule has 1 atom stereocenters. The Bertz CT molecular complexity index is 522. The molecule has 0 saturated carbocycles. The molecule has 1 aliphatic rings. The molecule has 0 unspecified atom stereocenters. The molecular formula is C14H19N5. The van der Waals surface area contributed by atoms with Crippen LogP contribution in [0.2, 0.25) is 0 Å². The van der Waals surface area contributed by atoms with E-state index in [0.29, 0.717) is 5.92 Å². The van der Waals surface area contributed by atoms with E-state index in [2.05, 4.69) is 32.0 Å². The Morgan fingerprint density at radius 1 is 1.47 bits per heavy atom. The number of nitrogens with one attached hydrogen (secondary N) is 1. The van der Waals surface area contributed by atoms with Crippen LogP contribution in [0.5, 0.6) is 0 Å². The van der Waals surface area contributed by atoms with Gasteiger partial charge in [-0.15, -0.1) is 0 Å². The lowest BCUT2D eigenvalue weighted by molar-refractivity contribution is 0.407. The van der Waals surface area contributed by atoms with Crippen LogP contribution in [0.4, 0.5) is 5.82 Å². The van der Waals surface area contributed by atoms with Crippen molar-refractivity contribution in [3.63, 3.8) is 0 Å². The monoisotopic (exact) mass is 257 g/mol. The normalized spacial score (nSPS) is 19.6. The number of rotatable bonds is 3. The summed E-state index contributed by atoms with van der Waals surface area (Å²) < 4.78 is 0. The average molecular weight is 257 g/mol. The van der Waals surface area contributed by atoms with Crippen LogP contribution in [0, 0.1) is 12.8 Å². The molecule has 0 radical (unpaired) electrons. The molecule has 1 saturated heterocycles. The van der Waals surface area contributed by atoms with Crippen molar-refractivity contribution in [3.05, 3.63) is 36.0 Å². The Morgan fingerprint density at radius 2 is 2.42 bits per heavy atom. The van der Waals surface area contributed by atoms with Crippen molar-refractivity contribution < 1.29 is 0 Å². The molecule has 100 valence electrons. The summed E-state index contributed by atoms with van der Waals surface area (Å²) in [5.41, 5.74) is 2.54. The highest BCUT2D eigenvalue weighted by Crippen LogP contribution is 2.24. The summed E-state index contributed by atoms with van der Waals surface area (Å²) in [6.07, 6.45) is 8.92. The van der Waals surface area contributed by atoms with E-state index in [1.165, 1.54) is 24.1 Å². The third kappa shape index (κ3) is 2.75. The molecule has 0 spiro atoms. The molecule has 19 heavy (non-hydrogen) atoms. The molecule has 0 aromatic carbocycles. The number of aryl methyl sites for hydroxylation is 1. The van der Waals surface area contributed by atoms with Crippen molar-refractivity contribution >= 4 is 5.82 Å². The lowest BCUT2D eigenvalue weighted by Crippen LogP contribution is -2.36. The Hall–Kier alpha value is -1.91. The number of anilines is 1. The molecule has 5 heteroatoms. The molecule has 0 amide bonds. The zero-order valence-electron chi connectivity index (χ0n) is 11.2. The summed E-state index contributed by atoms with van der Waals surface area (Å²) in [4.78, 5) is 10.7. The fourth-order valence-corrected chi connectivity index (χ4v) is 2.78. The third-order valence-corrected chi connectivity index (χ3v) is 3.84. The number of hydrogen-bond donors (Lipinski definition) is 1. The van der Waals surface area contributed by atoms with Crippen LogP contribution in [-0.2, 0) is 6.42 Å². The largest absolute Gasteiger partial charge is 0.356 e. The molecular weight excluding hydrogens is 238 g/mol. The minimum absolute atomic E-state index is 0.669. The van der Waals surface area contributed by atoms with Crippen LogP contribution >= 0.6 is 0 Å². The van der Waals surface area contributed by atoms with Gasteiger partial charge in [0.15, 0.2) is 0 Å². The number of nitrogens with zero attached hydrogens (tertiary/aromatic N) is 4. The summed E-state index contributed by atoms with van der Waals surface area (Å²) in [7, 11) is 0. The highest BCUT2D eigenvalue weighted by Gasteiger charge is 2.22. The number of piperidine rings is 1. The summed E-state index contributed by atoms with van der Waals surface area (Å²) >= 11 is 0. The maximum atomic E-state index is 4.35. The number of hydrogen-bond acceptors (Lipinski definition) is 4. The van der Waals surface area contributed by atoms with Gasteiger partial charge in [0.1, 0.15) is 12.1 Å². The van der Waals surface area contributed by atoms with E-state index in [1.807, 2.05) is 18.5 Å². The Balaban J connectivity index is 1.67. The number of H-pyrrole nitrogens is 1. The van der Waals surface area contributed by atoms with Crippen LogP contribution in [0.25, 0.3) is 0 Å². The van der Waals surface area contributed by atoms with Gasteiger partial charge in [-0.2, -0.15) is 5.10 Å². The lowest BCUT2D eigenvalue weighted by atomic mass is 9.92. The van der Waals surface area contributed by atoms with Crippen molar-refractivity contribution in [1.82, 2.24) is 20.2 Å². The molecule has 0 aliphatic carbocycles. The van der Waals surface area contributed by atoms with Gasteiger partial charge in [0.2, 0.25) is 0 Å². The third-order valence-electron chi connectivity index (χ3n) is 3.84. The van der Waals surface area contributed by atoms with E-state index >= 15 is 0 Å². The van der Waals surface area contributed by atoms with Crippen LogP contribution in [0.1, 0.15) is 24.1 Å². The van der Waals surface area contributed by atoms with Gasteiger partial charge in [0, 0.05) is 25.0 Å². The Labute approximate surface area is 113 Å². The number of aromatic amines is 1. The second-order valence-electron chi connectivity index (χ2n) is 5.26. The minimum Gasteiger partial charge on any atom is -0.356 e. The molecule has 5 nitrogen and oxygen atoms in total. The summed E-state index contributed by atoms with van der Waals surface area (Å²) in [6, 6.07) is 1.99. The molecule has 2 aromatic heterocycles. The molecule has 1 aliphatic heterocycles.